The zero-order valence-corrected chi connectivity index (χ0v) is 27.4. The van der Waals surface area contributed by atoms with Crippen molar-refractivity contribution in [1.29, 1.82) is 0 Å². The third-order valence-corrected chi connectivity index (χ3v) is 9.02. The Morgan fingerprint density at radius 2 is 1.45 bits per heavy atom. The van der Waals surface area contributed by atoms with Crippen molar-refractivity contribution < 1.29 is 19.1 Å². The van der Waals surface area contributed by atoms with Crippen LogP contribution in [0.2, 0.25) is 25.1 Å². The molecule has 0 aliphatic heterocycles. The van der Waals surface area contributed by atoms with Crippen LogP contribution in [0.5, 0.6) is 0 Å². The molecular formula is C30H34Cl5N3O4. The Kier molecular flexibility index (Phi) is 13.7. The highest BCUT2D eigenvalue weighted by Gasteiger charge is 2.31. The van der Waals surface area contributed by atoms with Crippen LogP contribution in [0, 0.1) is 0 Å². The highest BCUT2D eigenvalue weighted by atomic mass is 35.5. The fourth-order valence-electron chi connectivity index (χ4n) is 4.61. The van der Waals surface area contributed by atoms with Gasteiger partial charge in [-0.05, 0) is 31.5 Å². The van der Waals surface area contributed by atoms with Crippen molar-refractivity contribution in [1.82, 2.24) is 9.78 Å². The molecule has 0 fully saturated rings. The standard InChI is InChI=1S/C30H34Cl5N3O4/c1-3-4-5-6-7-8-9-10-11-12-15-42-30(41)19-13-14-21(31)22(16-19)37-29(40)27(18(2)39)38-28-20(17-36-38)23(32)24(33)25(34)26(28)35/h13-14,16-17,27H,3-12,15H2,1-2H3,(H,37,40). The van der Waals surface area contributed by atoms with Gasteiger partial charge in [0.2, 0.25) is 0 Å². The summed E-state index contributed by atoms with van der Waals surface area (Å²) < 4.78 is 6.55. The third kappa shape index (κ3) is 8.76. The van der Waals surface area contributed by atoms with E-state index in [4.69, 9.17) is 62.7 Å². The molecule has 3 rings (SSSR count). The lowest BCUT2D eigenvalue weighted by Gasteiger charge is -2.18. The van der Waals surface area contributed by atoms with E-state index in [2.05, 4.69) is 17.3 Å². The number of Topliss-reactive ketones (excluding diaryl/α,β-unsaturated/α-hetero) is 1. The van der Waals surface area contributed by atoms with Crippen LogP contribution in [0.25, 0.3) is 10.9 Å². The maximum atomic E-state index is 13.4. The van der Waals surface area contributed by atoms with Crippen LogP contribution in [0.15, 0.2) is 24.4 Å². The number of nitrogens with zero attached hydrogens (tertiary/aromatic N) is 2. The van der Waals surface area contributed by atoms with Crippen molar-refractivity contribution in [2.75, 3.05) is 11.9 Å². The SMILES string of the molecule is CCCCCCCCCCCCOC(=O)c1ccc(Cl)c(NC(=O)C(C(C)=O)n2ncc3c(Cl)c(Cl)c(Cl)c(Cl)c32)c1. The van der Waals surface area contributed by atoms with Crippen LogP contribution in [0.3, 0.4) is 0 Å². The van der Waals surface area contributed by atoms with Crippen molar-refractivity contribution in [2.24, 2.45) is 0 Å². The first-order chi connectivity index (χ1) is 20.1. The van der Waals surface area contributed by atoms with Gasteiger partial charge in [-0.25, -0.2) is 9.48 Å². The molecular weight excluding hydrogens is 644 g/mol. The molecule has 0 radical (unpaired) electrons. The maximum absolute atomic E-state index is 13.4. The van der Waals surface area contributed by atoms with Gasteiger partial charge in [-0.3, -0.25) is 9.59 Å². The molecule has 0 bridgehead atoms. The van der Waals surface area contributed by atoms with Gasteiger partial charge in [0.25, 0.3) is 5.91 Å². The van der Waals surface area contributed by atoms with E-state index in [1.165, 1.54) is 76.3 Å². The van der Waals surface area contributed by atoms with Crippen LogP contribution in [0.1, 0.15) is 94.5 Å². The van der Waals surface area contributed by atoms with Gasteiger partial charge >= 0.3 is 5.97 Å². The maximum Gasteiger partial charge on any atom is 0.338 e. The number of rotatable bonds is 16. The van der Waals surface area contributed by atoms with Gasteiger partial charge in [-0.1, -0.05) is 123 Å². The summed E-state index contributed by atoms with van der Waals surface area (Å²) >= 11 is 31.4. The van der Waals surface area contributed by atoms with Gasteiger partial charge < -0.3 is 10.1 Å². The van der Waals surface area contributed by atoms with Crippen LogP contribution in [-0.2, 0) is 14.3 Å². The highest BCUT2D eigenvalue weighted by molar-refractivity contribution is 6.55. The van der Waals surface area contributed by atoms with Crippen molar-refractivity contribution in [3.05, 3.63) is 55.1 Å². The summed E-state index contributed by atoms with van der Waals surface area (Å²) in [5, 5.41) is 7.34. The first-order valence-corrected chi connectivity index (χ1v) is 15.9. The van der Waals surface area contributed by atoms with Crippen molar-refractivity contribution in [2.45, 2.75) is 84.1 Å². The van der Waals surface area contributed by atoms with Crippen molar-refractivity contribution in [3.8, 4) is 0 Å². The van der Waals surface area contributed by atoms with Gasteiger partial charge in [0, 0.05) is 5.39 Å². The Morgan fingerprint density at radius 1 is 0.857 bits per heavy atom. The van der Waals surface area contributed by atoms with E-state index in [-0.39, 0.29) is 41.9 Å². The number of fused-ring (bicyclic) bond motifs is 1. The molecule has 1 heterocycles. The number of carbonyl (C=O) groups is 3. The zero-order valence-electron chi connectivity index (χ0n) is 23.6. The smallest absolute Gasteiger partial charge is 0.338 e. The minimum atomic E-state index is -1.45. The predicted octanol–water partition coefficient (Wildman–Crippen LogP) is 10.1. The van der Waals surface area contributed by atoms with E-state index in [1.54, 1.807) is 0 Å². The Balaban J connectivity index is 1.62. The van der Waals surface area contributed by atoms with E-state index in [0.717, 1.165) is 23.9 Å². The van der Waals surface area contributed by atoms with Gasteiger partial charge in [0.05, 0.1) is 54.7 Å². The number of ether oxygens (including phenoxy) is 1. The number of aromatic nitrogens is 2. The predicted molar refractivity (Wildman–Crippen MR) is 172 cm³/mol. The lowest BCUT2D eigenvalue weighted by atomic mass is 10.1. The van der Waals surface area contributed by atoms with Gasteiger partial charge in [-0.15, -0.1) is 0 Å². The normalized spacial score (nSPS) is 12.0. The van der Waals surface area contributed by atoms with Gasteiger partial charge in [0.1, 0.15) is 0 Å². The molecule has 0 aliphatic rings. The molecule has 1 aromatic heterocycles. The monoisotopic (exact) mass is 675 g/mol. The Bertz CT molecular complexity index is 1430. The number of amides is 1. The molecule has 42 heavy (non-hydrogen) atoms. The van der Waals surface area contributed by atoms with E-state index in [9.17, 15) is 14.4 Å². The number of unbranched alkanes of at least 4 members (excludes halogenated alkanes) is 9. The van der Waals surface area contributed by atoms with Crippen molar-refractivity contribution >= 4 is 92.3 Å². The number of anilines is 1. The number of benzene rings is 2. The third-order valence-electron chi connectivity index (χ3n) is 6.89. The molecule has 228 valence electrons. The van der Waals surface area contributed by atoms with E-state index in [0.29, 0.717) is 12.0 Å². The Hall–Kier alpha value is -2.03. The first-order valence-electron chi connectivity index (χ1n) is 14.1. The molecule has 2 aromatic carbocycles. The average molecular weight is 678 g/mol. The molecule has 3 aromatic rings. The lowest BCUT2D eigenvalue weighted by Crippen LogP contribution is -2.32. The number of halogens is 5. The van der Waals surface area contributed by atoms with Crippen LogP contribution >= 0.6 is 58.0 Å². The molecule has 0 aliphatic carbocycles. The summed E-state index contributed by atoms with van der Waals surface area (Å²) in [6.07, 6.45) is 13.1. The first kappa shape index (κ1) is 34.5. The van der Waals surface area contributed by atoms with Gasteiger partial charge in [0.15, 0.2) is 11.8 Å². The van der Waals surface area contributed by atoms with Crippen molar-refractivity contribution in [3.63, 3.8) is 0 Å². The second-order valence-corrected chi connectivity index (χ2v) is 12.0. The van der Waals surface area contributed by atoms with E-state index in [1.807, 2.05) is 0 Å². The quantitative estimate of drug-likeness (QED) is 0.0536. The number of hydrogen-bond donors (Lipinski definition) is 1. The number of nitrogens with one attached hydrogen (secondary N) is 1. The number of esters is 1. The number of hydrogen-bond acceptors (Lipinski definition) is 5. The molecule has 0 spiro atoms. The summed E-state index contributed by atoms with van der Waals surface area (Å²) in [4.78, 5) is 38.7. The second kappa shape index (κ2) is 16.7. The Labute approximate surface area is 271 Å². The number of carbonyl (C=O) groups excluding carboxylic acids is 3. The van der Waals surface area contributed by atoms with E-state index < -0.39 is 23.7 Å². The fourth-order valence-corrected chi connectivity index (χ4v) is 5.76. The summed E-state index contributed by atoms with van der Waals surface area (Å²) in [6, 6.07) is 2.94. The summed E-state index contributed by atoms with van der Waals surface area (Å²) in [6.45, 7) is 3.75. The summed E-state index contributed by atoms with van der Waals surface area (Å²) in [5.41, 5.74) is 0.506. The molecule has 1 amide bonds. The molecule has 1 N–H and O–H groups in total. The lowest BCUT2D eigenvalue weighted by molar-refractivity contribution is -0.129. The largest absolute Gasteiger partial charge is 0.462 e. The molecule has 1 atom stereocenters. The molecule has 1 unspecified atom stereocenters. The molecule has 0 saturated carbocycles. The molecule has 0 saturated heterocycles. The van der Waals surface area contributed by atoms with E-state index >= 15 is 0 Å². The van der Waals surface area contributed by atoms with Crippen LogP contribution in [0.4, 0.5) is 5.69 Å². The van der Waals surface area contributed by atoms with Gasteiger partial charge in [-0.2, -0.15) is 5.10 Å². The summed E-state index contributed by atoms with van der Waals surface area (Å²) in [7, 11) is 0. The molecule has 12 heteroatoms. The average Bonchev–Trinajstić information content (AvgIpc) is 3.39. The van der Waals surface area contributed by atoms with Crippen LogP contribution < -0.4 is 5.32 Å². The Morgan fingerprint density at radius 3 is 2.07 bits per heavy atom. The zero-order chi connectivity index (χ0) is 30.8. The highest BCUT2D eigenvalue weighted by Crippen LogP contribution is 2.43. The second-order valence-electron chi connectivity index (χ2n) is 10.1. The van der Waals surface area contributed by atoms with Crippen LogP contribution in [-0.4, -0.2) is 34.0 Å². The molecule has 7 nitrogen and oxygen atoms in total. The summed E-state index contributed by atoms with van der Waals surface area (Å²) in [5.74, 6) is -1.84. The topological polar surface area (TPSA) is 90.3 Å². The number of ketones is 1. The minimum absolute atomic E-state index is 0.0113. The minimum Gasteiger partial charge on any atom is -0.462 e. The fraction of sp³-hybridized carbons (Fsp3) is 0.467.